The summed E-state index contributed by atoms with van der Waals surface area (Å²) in [5.41, 5.74) is 0.869. The topological polar surface area (TPSA) is 61.7 Å². The van der Waals surface area contributed by atoms with Crippen molar-refractivity contribution in [2.45, 2.75) is 25.9 Å². The minimum Gasteiger partial charge on any atom is -0.453 e. The van der Waals surface area contributed by atoms with Crippen molar-refractivity contribution < 1.29 is 4.42 Å². The van der Waals surface area contributed by atoms with E-state index in [1.807, 2.05) is 47.2 Å². The van der Waals surface area contributed by atoms with Crippen molar-refractivity contribution in [1.82, 2.24) is 24.3 Å². The summed E-state index contributed by atoms with van der Waals surface area (Å²) in [6, 6.07) is 11.5. The molecule has 1 aliphatic rings. The van der Waals surface area contributed by atoms with Gasteiger partial charge in [0.1, 0.15) is 11.6 Å². The van der Waals surface area contributed by atoms with Crippen LogP contribution in [0.3, 0.4) is 0 Å². The molecule has 3 aromatic heterocycles. The molecule has 7 heteroatoms. The second-order valence-electron chi connectivity index (χ2n) is 6.31. The number of benzene rings is 1. The van der Waals surface area contributed by atoms with Crippen molar-refractivity contribution in [1.29, 1.82) is 0 Å². The van der Waals surface area contributed by atoms with E-state index >= 15 is 0 Å². The van der Waals surface area contributed by atoms with Gasteiger partial charge in [-0.05, 0) is 30.7 Å². The highest BCUT2D eigenvalue weighted by Crippen LogP contribution is 2.32. The van der Waals surface area contributed by atoms with Crippen LogP contribution >= 0.6 is 11.6 Å². The average molecular weight is 366 g/mol. The van der Waals surface area contributed by atoms with Gasteiger partial charge in [0.2, 0.25) is 0 Å². The highest BCUT2D eigenvalue weighted by Gasteiger charge is 2.19. The highest BCUT2D eigenvalue weighted by atomic mass is 35.5. The van der Waals surface area contributed by atoms with E-state index in [1.165, 1.54) is 0 Å². The van der Waals surface area contributed by atoms with Gasteiger partial charge in [0.15, 0.2) is 17.4 Å². The van der Waals surface area contributed by atoms with Crippen molar-refractivity contribution >= 4 is 11.6 Å². The molecule has 0 aliphatic carbocycles. The van der Waals surface area contributed by atoms with Crippen LogP contribution in [-0.4, -0.2) is 24.3 Å². The number of rotatable bonds is 4. The molecule has 5 rings (SSSR count). The van der Waals surface area contributed by atoms with Crippen LogP contribution in [0.4, 0.5) is 0 Å². The molecular weight excluding hydrogens is 350 g/mol. The second-order valence-corrected chi connectivity index (χ2v) is 6.72. The molecule has 0 spiro atoms. The Bertz CT molecular complexity index is 1080. The Morgan fingerprint density at radius 3 is 2.88 bits per heavy atom. The predicted octanol–water partition coefficient (Wildman–Crippen LogP) is 4.05. The first kappa shape index (κ1) is 15.4. The van der Waals surface area contributed by atoms with Gasteiger partial charge in [-0.1, -0.05) is 23.7 Å². The summed E-state index contributed by atoms with van der Waals surface area (Å²) in [5, 5.41) is 9.27. The normalized spacial score (nSPS) is 13.3. The summed E-state index contributed by atoms with van der Waals surface area (Å²) in [6.07, 6.45) is 5.84. The van der Waals surface area contributed by atoms with Crippen LogP contribution in [0.2, 0.25) is 5.02 Å². The van der Waals surface area contributed by atoms with Crippen LogP contribution in [0.15, 0.2) is 53.2 Å². The number of hydrogen-bond acceptors (Lipinski definition) is 4. The van der Waals surface area contributed by atoms with E-state index in [0.29, 0.717) is 17.3 Å². The molecule has 0 unspecified atom stereocenters. The summed E-state index contributed by atoms with van der Waals surface area (Å²) < 4.78 is 10.3. The summed E-state index contributed by atoms with van der Waals surface area (Å²) in [5.74, 6) is 4.21. The molecule has 1 aliphatic heterocycles. The molecule has 0 fully saturated rings. The van der Waals surface area contributed by atoms with Crippen molar-refractivity contribution in [3.05, 3.63) is 65.5 Å². The molecular formula is C19H16ClN5O. The zero-order chi connectivity index (χ0) is 17.5. The van der Waals surface area contributed by atoms with Crippen molar-refractivity contribution in [3.8, 4) is 22.9 Å². The Labute approximate surface area is 155 Å². The first-order chi connectivity index (χ1) is 12.8. The van der Waals surface area contributed by atoms with Crippen LogP contribution in [0.25, 0.3) is 22.9 Å². The van der Waals surface area contributed by atoms with Gasteiger partial charge in [-0.3, -0.25) is 0 Å². The number of halogens is 1. The largest absolute Gasteiger partial charge is 0.453 e. The summed E-state index contributed by atoms with van der Waals surface area (Å²) in [4.78, 5) is 4.47. The van der Waals surface area contributed by atoms with E-state index in [0.717, 1.165) is 48.2 Å². The maximum absolute atomic E-state index is 6.27. The average Bonchev–Trinajstić information content (AvgIpc) is 3.41. The Morgan fingerprint density at radius 2 is 1.96 bits per heavy atom. The van der Waals surface area contributed by atoms with Gasteiger partial charge in [0.25, 0.3) is 0 Å². The van der Waals surface area contributed by atoms with E-state index in [2.05, 4.69) is 19.7 Å². The zero-order valence-corrected chi connectivity index (χ0v) is 14.7. The van der Waals surface area contributed by atoms with E-state index in [4.69, 9.17) is 16.0 Å². The molecule has 130 valence electrons. The predicted molar refractivity (Wildman–Crippen MR) is 97.8 cm³/mol. The number of nitrogens with zero attached hydrogens (tertiary/aromatic N) is 5. The molecule has 0 bridgehead atoms. The number of hydrogen-bond donors (Lipinski definition) is 0. The number of furan rings is 1. The third kappa shape index (κ3) is 2.54. The van der Waals surface area contributed by atoms with Gasteiger partial charge in [0.05, 0.1) is 11.6 Å². The first-order valence-corrected chi connectivity index (χ1v) is 8.94. The Morgan fingerprint density at radius 1 is 1.08 bits per heavy atom. The number of aromatic nitrogens is 5. The highest BCUT2D eigenvalue weighted by molar-refractivity contribution is 6.33. The molecule has 0 saturated carbocycles. The lowest BCUT2D eigenvalue weighted by atomic mass is 10.2. The molecule has 4 heterocycles. The third-order valence-electron chi connectivity index (χ3n) is 4.68. The molecule has 1 aromatic carbocycles. The Kier molecular flexibility index (Phi) is 3.64. The molecule has 0 N–H and O–H groups in total. The number of aryl methyl sites for hydroxylation is 1. The summed E-state index contributed by atoms with van der Waals surface area (Å²) in [6.45, 7) is 1.60. The van der Waals surface area contributed by atoms with E-state index < -0.39 is 0 Å². The van der Waals surface area contributed by atoms with Crippen LogP contribution in [0, 0.1) is 0 Å². The fourth-order valence-corrected chi connectivity index (χ4v) is 3.63. The van der Waals surface area contributed by atoms with Gasteiger partial charge in [-0.25, -0.2) is 4.98 Å². The lowest BCUT2D eigenvalue weighted by molar-refractivity contribution is 0.581. The lowest BCUT2D eigenvalue weighted by Gasteiger charge is -2.07. The van der Waals surface area contributed by atoms with Crippen LogP contribution < -0.4 is 0 Å². The second kappa shape index (κ2) is 6.14. The maximum atomic E-state index is 6.27. The molecule has 0 saturated heterocycles. The van der Waals surface area contributed by atoms with Crippen molar-refractivity contribution in [2.75, 3.05) is 0 Å². The maximum Gasteiger partial charge on any atom is 0.176 e. The smallest absolute Gasteiger partial charge is 0.176 e. The molecule has 0 atom stereocenters. The minimum absolute atomic E-state index is 0.616. The molecule has 26 heavy (non-hydrogen) atoms. The van der Waals surface area contributed by atoms with Gasteiger partial charge < -0.3 is 13.6 Å². The van der Waals surface area contributed by atoms with E-state index in [1.54, 1.807) is 6.20 Å². The van der Waals surface area contributed by atoms with E-state index in [9.17, 15) is 0 Å². The van der Waals surface area contributed by atoms with Gasteiger partial charge in [-0.15, -0.1) is 10.2 Å². The van der Waals surface area contributed by atoms with Crippen molar-refractivity contribution in [2.24, 2.45) is 0 Å². The SMILES string of the molecule is Clc1ccccc1-c1ccc(-c2nccn2Cc2nnc3n2CCC3)o1. The Balaban J connectivity index is 1.47. The molecule has 0 amide bonds. The summed E-state index contributed by atoms with van der Waals surface area (Å²) in [7, 11) is 0. The lowest BCUT2D eigenvalue weighted by Crippen LogP contribution is -2.08. The van der Waals surface area contributed by atoms with Crippen LogP contribution in [-0.2, 0) is 19.5 Å². The van der Waals surface area contributed by atoms with Gasteiger partial charge in [-0.2, -0.15) is 0 Å². The number of fused-ring (bicyclic) bond motifs is 1. The Hall–Kier alpha value is -2.86. The van der Waals surface area contributed by atoms with Crippen LogP contribution in [0.1, 0.15) is 18.1 Å². The third-order valence-corrected chi connectivity index (χ3v) is 5.01. The molecule has 6 nitrogen and oxygen atoms in total. The summed E-state index contributed by atoms with van der Waals surface area (Å²) >= 11 is 6.27. The van der Waals surface area contributed by atoms with Gasteiger partial charge in [0, 0.05) is 30.9 Å². The zero-order valence-electron chi connectivity index (χ0n) is 14.0. The number of imidazole rings is 1. The minimum atomic E-state index is 0.616. The van der Waals surface area contributed by atoms with Crippen molar-refractivity contribution in [3.63, 3.8) is 0 Å². The first-order valence-electron chi connectivity index (χ1n) is 8.57. The fraction of sp³-hybridized carbons (Fsp3) is 0.211. The molecule has 4 aromatic rings. The monoisotopic (exact) mass is 365 g/mol. The van der Waals surface area contributed by atoms with Gasteiger partial charge >= 0.3 is 0 Å². The quantitative estimate of drug-likeness (QED) is 0.547. The van der Waals surface area contributed by atoms with E-state index in [-0.39, 0.29) is 0 Å². The fourth-order valence-electron chi connectivity index (χ4n) is 3.41. The molecule has 0 radical (unpaired) electrons. The standard InChI is InChI=1S/C19H16ClN5O/c20-14-5-2-1-4-13(14)15-7-8-16(26-15)19-21-9-11-24(19)12-18-23-22-17-6-3-10-25(17)18/h1-2,4-5,7-9,11H,3,6,10,12H2. The van der Waals surface area contributed by atoms with Crippen LogP contribution in [0.5, 0.6) is 0 Å².